The van der Waals surface area contributed by atoms with Gasteiger partial charge in [0.05, 0.1) is 6.42 Å². The summed E-state index contributed by atoms with van der Waals surface area (Å²) in [5.41, 5.74) is 0. The van der Waals surface area contributed by atoms with Crippen molar-refractivity contribution >= 4 is 11.6 Å². The molecule has 0 aliphatic carbocycles. The molecule has 0 aliphatic heterocycles. The van der Waals surface area contributed by atoms with Crippen LogP contribution in [0, 0.1) is 0 Å². The molecule has 0 saturated carbocycles. The topological polar surface area (TPSA) is 87.2 Å². The van der Waals surface area contributed by atoms with Crippen LogP contribution < -0.4 is 0 Å². The number of hydrogen-bond acceptors (Lipinski definition) is 6. The second kappa shape index (κ2) is 5.96. The summed E-state index contributed by atoms with van der Waals surface area (Å²) in [6.45, 7) is 3.02. The molecule has 3 aromatic heterocycles. The van der Waals surface area contributed by atoms with Crippen LogP contribution in [0.2, 0.25) is 5.28 Å². The van der Waals surface area contributed by atoms with Crippen LogP contribution in [0.1, 0.15) is 25.0 Å². The molecule has 0 aliphatic rings. The standard InChI is InChI=1S/C12H13ClN8/c1-2-4-20-5-3-15-10(20)6-9-17-11(13)19-12(18-9)21-8-14-7-16-21/h3,5,7-8H,2,4,6H2,1H3. The van der Waals surface area contributed by atoms with E-state index < -0.39 is 0 Å². The fraction of sp³-hybridized carbons (Fsp3) is 0.333. The van der Waals surface area contributed by atoms with Gasteiger partial charge < -0.3 is 4.57 Å². The largest absolute Gasteiger partial charge is 0.335 e. The molecule has 0 unspecified atom stereocenters. The van der Waals surface area contributed by atoms with Gasteiger partial charge in [-0.15, -0.1) is 0 Å². The predicted octanol–water partition coefficient (Wildman–Crippen LogP) is 1.30. The van der Waals surface area contributed by atoms with Crippen LogP contribution in [0.15, 0.2) is 25.0 Å². The van der Waals surface area contributed by atoms with Gasteiger partial charge >= 0.3 is 0 Å². The molecule has 0 atom stereocenters. The number of imidazole rings is 1. The Labute approximate surface area is 125 Å². The Kier molecular flexibility index (Phi) is 3.87. The maximum absolute atomic E-state index is 5.96. The van der Waals surface area contributed by atoms with Gasteiger partial charge in [-0.05, 0) is 18.0 Å². The average molecular weight is 305 g/mol. The van der Waals surface area contributed by atoms with Crippen LogP contribution in [0.3, 0.4) is 0 Å². The van der Waals surface area contributed by atoms with E-state index in [-0.39, 0.29) is 5.28 Å². The van der Waals surface area contributed by atoms with Crippen LogP contribution in [-0.4, -0.2) is 39.3 Å². The maximum Gasteiger partial charge on any atom is 0.256 e. The summed E-state index contributed by atoms with van der Waals surface area (Å²) in [6.07, 6.45) is 8.15. The molecule has 3 heterocycles. The van der Waals surface area contributed by atoms with Gasteiger partial charge in [-0.3, -0.25) is 0 Å². The van der Waals surface area contributed by atoms with Crippen LogP contribution >= 0.6 is 11.6 Å². The summed E-state index contributed by atoms with van der Waals surface area (Å²) in [7, 11) is 0. The first kappa shape index (κ1) is 13.6. The van der Waals surface area contributed by atoms with Gasteiger partial charge in [-0.2, -0.15) is 19.7 Å². The highest BCUT2D eigenvalue weighted by Gasteiger charge is 2.11. The molecular formula is C12H13ClN8. The van der Waals surface area contributed by atoms with Gasteiger partial charge in [0.1, 0.15) is 24.3 Å². The Morgan fingerprint density at radius 2 is 2.14 bits per heavy atom. The smallest absolute Gasteiger partial charge is 0.256 e. The third kappa shape index (κ3) is 3.05. The molecule has 0 bridgehead atoms. The normalized spacial score (nSPS) is 11.0. The number of rotatable bonds is 5. The summed E-state index contributed by atoms with van der Waals surface area (Å²) < 4.78 is 3.52. The third-order valence-corrected chi connectivity index (χ3v) is 3.02. The number of aromatic nitrogens is 8. The highest BCUT2D eigenvalue weighted by Crippen LogP contribution is 2.09. The van der Waals surface area contributed by atoms with Crippen molar-refractivity contribution in [3.8, 4) is 5.95 Å². The lowest BCUT2D eigenvalue weighted by Gasteiger charge is -2.06. The maximum atomic E-state index is 5.96. The summed E-state index contributed by atoms with van der Waals surface area (Å²) >= 11 is 5.96. The fourth-order valence-electron chi connectivity index (χ4n) is 1.97. The van der Waals surface area contributed by atoms with Crippen molar-refractivity contribution in [2.75, 3.05) is 0 Å². The van der Waals surface area contributed by atoms with Gasteiger partial charge in [-0.25, -0.2) is 15.0 Å². The van der Waals surface area contributed by atoms with Crippen molar-refractivity contribution in [2.45, 2.75) is 26.3 Å². The van der Waals surface area contributed by atoms with E-state index in [0.29, 0.717) is 18.2 Å². The molecule has 21 heavy (non-hydrogen) atoms. The molecule has 0 fully saturated rings. The SMILES string of the molecule is CCCn1ccnc1Cc1nc(Cl)nc(-n2cncn2)n1. The van der Waals surface area contributed by atoms with Crippen molar-refractivity contribution in [1.82, 2.24) is 39.3 Å². The average Bonchev–Trinajstić information content (AvgIpc) is 3.11. The fourth-order valence-corrected chi connectivity index (χ4v) is 2.14. The molecule has 3 rings (SSSR count). The molecule has 0 aromatic carbocycles. The first-order chi connectivity index (χ1) is 10.3. The summed E-state index contributed by atoms with van der Waals surface area (Å²) in [5.74, 6) is 1.78. The van der Waals surface area contributed by atoms with E-state index in [1.807, 2.05) is 6.20 Å². The zero-order valence-corrected chi connectivity index (χ0v) is 12.1. The molecule has 0 amide bonds. The van der Waals surface area contributed by atoms with Crippen molar-refractivity contribution < 1.29 is 0 Å². The van der Waals surface area contributed by atoms with Gasteiger partial charge in [0.2, 0.25) is 5.28 Å². The Morgan fingerprint density at radius 3 is 2.90 bits per heavy atom. The van der Waals surface area contributed by atoms with E-state index in [2.05, 4.69) is 41.5 Å². The van der Waals surface area contributed by atoms with E-state index in [1.54, 1.807) is 6.20 Å². The van der Waals surface area contributed by atoms with Gasteiger partial charge in [-0.1, -0.05) is 6.92 Å². The Morgan fingerprint density at radius 1 is 1.24 bits per heavy atom. The van der Waals surface area contributed by atoms with E-state index in [1.165, 1.54) is 17.3 Å². The molecular weight excluding hydrogens is 292 g/mol. The molecule has 0 spiro atoms. The minimum Gasteiger partial charge on any atom is -0.335 e. The van der Waals surface area contributed by atoms with Gasteiger partial charge in [0.15, 0.2) is 0 Å². The second-order valence-corrected chi connectivity index (χ2v) is 4.71. The quantitative estimate of drug-likeness (QED) is 0.706. The second-order valence-electron chi connectivity index (χ2n) is 4.37. The first-order valence-corrected chi connectivity index (χ1v) is 6.89. The van der Waals surface area contributed by atoms with Crippen molar-refractivity contribution in [3.05, 3.63) is 42.0 Å². The van der Waals surface area contributed by atoms with Crippen molar-refractivity contribution in [3.63, 3.8) is 0 Å². The number of halogens is 1. The molecule has 0 radical (unpaired) electrons. The molecule has 108 valence electrons. The summed E-state index contributed by atoms with van der Waals surface area (Å²) in [6, 6.07) is 0. The Hall–Kier alpha value is -2.35. The molecule has 3 aromatic rings. The zero-order chi connectivity index (χ0) is 14.7. The van der Waals surface area contributed by atoms with E-state index in [9.17, 15) is 0 Å². The van der Waals surface area contributed by atoms with Gasteiger partial charge in [0.25, 0.3) is 5.95 Å². The number of hydrogen-bond donors (Lipinski definition) is 0. The summed E-state index contributed by atoms with van der Waals surface area (Å²) in [4.78, 5) is 20.7. The molecule has 8 nitrogen and oxygen atoms in total. The Bertz CT molecular complexity index is 721. The zero-order valence-electron chi connectivity index (χ0n) is 11.4. The lowest BCUT2D eigenvalue weighted by Crippen LogP contribution is -2.10. The monoisotopic (exact) mass is 304 g/mol. The summed E-state index contributed by atoms with van der Waals surface area (Å²) in [5, 5.41) is 4.11. The van der Waals surface area contributed by atoms with Crippen LogP contribution in [-0.2, 0) is 13.0 Å². The van der Waals surface area contributed by atoms with Crippen LogP contribution in [0.5, 0.6) is 0 Å². The molecule has 0 saturated heterocycles. The lowest BCUT2D eigenvalue weighted by atomic mass is 10.3. The van der Waals surface area contributed by atoms with Crippen LogP contribution in [0.25, 0.3) is 5.95 Å². The Balaban J connectivity index is 1.90. The lowest BCUT2D eigenvalue weighted by molar-refractivity contribution is 0.639. The first-order valence-electron chi connectivity index (χ1n) is 6.51. The highest BCUT2D eigenvalue weighted by atomic mass is 35.5. The number of nitrogens with zero attached hydrogens (tertiary/aromatic N) is 8. The van der Waals surface area contributed by atoms with Crippen LogP contribution in [0.4, 0.5) is 0 Å². The van der Waals surface area contributed by atoms with Gasteiger partial charge in [0, 0.05) is 18.9 Å². The van der Waals surface area contributed by atoms with E-state index in [0.717, 1.165) is 18.8 Å². The number of aryl methyl sites for hydroxylation is 1. The molecule has 9 heteroatoms. The van der Waals surface area contributed by atoms with E-state index in [4.69, 9.17) is 11.6 Å². The van der Waals surface area contributed by atoms with E-state index >= 15 is 0 Å². The van der Waals surface area contributed by atoms with Crippen molar-refractivity contribution in [2.24, 2.45) is 0 Å². The van der Waals surface area contributed by atoms with Crippen molar-refractivity contribution in [1.29, 1.82) is 0 Å². The highest BCUT2D eigenvalue weighted by molar-refractivity contribution is 6.28. The minimum atomic E-state index is 0.124. The third-order valence-electron chi connectivity index (χ3n) is 2.85. The minimum absolute atomic E-state index is 0.124. The molecule has 0 N–H and O–H groups in total. The predicted molar refractivity (Wildman–Crippen MR) is 75.1 cm³/mol.